The van der Waals surface area contributed by atoms with Gasteiger partial charge in [-0.25, -0.2) is 4.98 Å². The molecule has 2 amide bonds. The molecule has 1 saturated heterocycles. The average Bonchev–Trinajstić information content (AvgIpc) is 3.28. The second-order valence-electron chi connectivity index (χ2n) is 6.94. The van der Waals surface area contributed by atoms with Crippen LogP contribution in [-0.2, 0) is 9.59 Å². The van der Waals surface area contributed by atoms with Crippen LogP contribution in [0.15, 0.2) is 53.5 Å². The Morgan fingerprint density at radius 3 is 2.74 bits per heavy atom. The van der Waals surface area contributed by atoms with E-state index in [1.165, 1.54) is 30.0 Å². The van der Waals surface area contributed by atoms with Crippen LogP contribution in [0, 0.1) is 0 Å². The molecule has 1 fully saturated rings. The fourth-order valence-corrected chi connectivity index (χ4v) is 5.30. The van der Waals surface area contributed by atoms with Crippen molar-refractivity contribution in [1.82, 2.24) is 9.88 Å². The number of amidine groups is 1. The number of para-hydroxylation sites is 1. The van der Waals surface area contributed by atoms with Gasteiger partial charge in [0.1, 0.15) is 5.25 Å². The number of anilines is 1. The van der Waals surface area contributed by atoms with Gasteiger partial charge in [-0.1, -0.05) is 47.4 Å². The molecule has 4 rings (SSSR count). The topological polar surface area (TPSA) is 91.7 Å². The summed E-state index contributed by atoms with van der Waals surface area (Å²) in [5.41, 5.74) is 1.92. The summed E-state index contributed by atoms with van der Waals surface area (Å²) in [7, 11) is 0. The largest absolute Gasteiger partial charge is 0.326 e. The Bertz CT molecular complexity index is 1170. The summed E-state index contributed by atoms with van der Waals surface area (Å²) in [5.74, 6) is -0.504. The zero-order chi connectivity index (χ0) is 22.0. The van der Waals surface area contributed by atoms with Crippen molar-refractivity contribution in [3.63, 3.8) is 0 Å². The predicted octanol–water partition coefficient (Wildman–Crippen LogP) is 4.48. The fraction of sp³-hybridized carbons (Fsp3) is 0.227. The minimum absolute atomic E-state index is 0.0170. The van der Waals surface area contributed by atoms with Crippen molar-refractivity contribution in [3.05, 3.63) is 54.1 Å². The number of nitrogens with one attached hydrogen (secondary N) is 1. The number of thiazole rings is 1. The highest BCUT2D eigenvalue weighted by atomic mass is 32.2. The van der Waals surface area contributed by atoms with Crippen LogP contribution in [0.4, 0.5) is 10.8 Å². The molecule has 1 atom stereocenters. The zero-order valence-corrected chi connectivity index (χ0v) is 18.6. The lowest BCUT2D eigenvalue weighted by molar-refractivity contribution is -0.128. The van der Waals surface area contributed by atoms with E-state index in [4.69, 9.17) is 0 Å². The van der Waals surface area contributed by atoms with E-state index in [1.807, 2.05) is 31.2 Å². The number of carbonyl (C=O) groups excluding carboxylic acids is 3. The molecule has 1 N–H and O–H groups in total. The summed E-state index contributed by atoms with van der Waals surface area (Å²) in [5, 5.41) is 3.37. The highest BCUT2D eigenvalue weighted by molar-refractivity contribution is 8.15. The summed E-state index contributed by atoms with van der Waals surface area (Å²) in [6.45, 7) is 3.82. The number of thioether (sulfide) groups is 1. The Morgan fingerprint density at radius 2 is 2.00 bits per heavy atom. The maximum absolute atomic E-state index is 12.8. The van der Waals surface area contributed by atoms with Crippen LogP contribution in [-0.4, -0.2) is 44.4 Å². The normalized spacial score (nSPS) is 17.5. The number of fused-ring (bicyclic) bond motifs is 1. The summed E-state index contributed by atoms with van der Waals surface area (Å²) in [6.07, 6.45) is 0.0170. The Morgan fingerprint density at radius 1 is 1.19 bits per heavy atom. The molecule has 0 saturated carbocycles. The molecule has 158 valence electrons. The Kier molecular flexibility index (Phi) is 6.15. The third-order valence-electron chi connectivity index (χ3n) is 4.73. The van der Waals surface area contributed by atoms with E-state index in [-0.39, 0.29) is 24.0 Å². The lowest BCUT2D eigenvalue weighted by Crippen LogP contribution is -2.33. The lowest BCUT2D eigenvalue weighted by Gasteiger charge is -2.13. The molecule has 1 aromatic heterocycles. The van der Waals surface area contributed by atoms with E-state index in [0.717, 1.165) is 10.2 Å². The molecule has 0 aliphatic carbocycles. The molecule has 2 aromatic carbocycles. The Labute approximate surface area is 187 Å². The lowest BCUT2D eigenvalue weighted by atomic mass is 10.1. The van der Waals surface area contributed by atoms with Crippen LogP contribution in [0.2, 0.25) is 0 Å². The van der Waals surface area contributed by atoms with Gasteiger partial charge in [0, 0.05) is 24.2 Å². The van der Waals surface area contributed by atoms with Gasteiger partial charge in [-0.15, -0.1) is 0 Å². The van der Waals surface area contributed by atoms with Crippen molar-refractivity contribution in [1.29, 1.82) is 0 Å². The van der Waals surface area contributed by atoms with Crippen LogP contribution >= 0.6 is 23.1 Å². The quantitative estimate of drug-likeness (QED) is 0.557. The molecule has 2 heterocycles. The van der Waals surface area contributed by atoms with Crippen molar-refractivity contribution in [2.24, 2.45) is 4.99 Å². The first-order valence-electron chi connectivity index (χ1n) is 9.77. The number of aromatic nitrogens is 1. The molecule has 0 radical (unpaired) electrons. The SMILES string of the molecule is CCN1C(=O)C(CC(=O)Nc2cccc(C(C)=O)c2)SC1=Nc1nc2ccccc2s1. The molecule has 3 aromatic rings. The maximum Gasteiger partial charge on any atom is 0.242 e. The number of hydrogen-bond donors (Lipinski definition) is 1. The van der Waals surface area contributed by atoms with Gasteiger partial charge < -0.3 is 5.32 Å². The van der Waals surface area contributed by atoms with Gasteiger partial charge in [0.15, 0.2) is 11.0 Å². The van der Waals surface area contributed by atoms with E-state index in [2.05, 4.69) is 15.3 Å². The monoisotopic (exact) mass is 452 g/mol. The third-order valence-corrected chi connectivity index (χ3v) is 6.84. The number of nitrogens with zero attached hydrogens (tertiary/aromatic N) is 3. The highest BCUT2D eigenvalue weighted by Crippen LogP contribution is 2.34. The third kappa shape index (κ3) is 4.67. The second kappa shape index (κ2) is 8.99. The Hall–Kier alpha value is -3.04. The first-order valence-corrected chi connectivity index (χ1v) is 11.5. The van der Waals surface area contributed by atoms with Crippen LogP contribution < -0.4 is 5.32 Å². The molecule has 31 heavy (non-hydrogen) atoms. The van der Waals surface area contributed by atoms with Crippen LogP contribution in [0.3, 0.4) is 0 Å². The van der Waals surface area contributed by atoms with Gasteiger partial charge in [0.2, 0.25) is 16.9 Å². The summed E-state index contributed by atoms with van der Waals surface area (Å²) in [4.78, 5) is 47.6. The number of hydrogen-bond acceptors (Lipinski definition) is 7. The van der Waals surface area contributed by atoms with Crippen molar-refractivity contribution >= 4 is 66.9 Å². The number of Topliss-reactive ketones (excluding diaryl/α,β-unsaturated/α-hetero) is 1. The van der Waals surface area contributed by atoms with Gasteiger partial charge in [0.05, 0.1) is 10.2 Å². The molecular formula is C22H20N4O3S2. The summed E-state index contributed by atoms with van der Waals surface area (Å²) in [6, 6.07) is 14.5. The number of rotatable bonds is 6. The highest BCUT2D eigenvalue weighted by Gasteiger charge is 2.38. The molecule has 0 bridgehead atoms. The number of ketones is 1. The molecule has 9 heteroatoms. The maximum atomic E-state index is 12.8. The molecule has 1 aliphatic rings. The zero-order valence-electron chi connectivity index (χ0n) is 17.0. The fourth-order valence-electron chi connectivity index (χ4n) is 3.20. The van der Waals surface area contributed by atoms with Crippen molar-refractivity contribution in [2.75, 3.05) is 11.9 Å². The van der Waals surface area contributed by atoms with E-state index in [9.17, 15) is 14.4 Å². The minimum Gasteiger partial charge on any atom is -0.326 e. The molecular weight excluding hydrogens is 432 g/mol. The summed E-state index contributed by atoms with van der Waals surface area (Å²) >= 11 is 2.74. The van der Waals surface area contributed by atoms with E-state index >= 15 is 0 Å². The van der Waals surface area contributed by atoms with Gasteiger partial charge in [-0.2, -0.15) is 4.99 Å². The van der Waals surface area contributed by atoms with Gasteiger partial charge in [0.25, 0.3) is 0 Å². The second-order valence-corrected chi connectivity index (χ2v) is 9.12. The van der Waals surface area contributed by atoms with E-state index in [1.54, 1.807) is 29.2 Å². The molecule has 1 aliphatic heterocycles. The molecule has 7 nitrogen and oxygen atoms in total. The van der Waals surface area contributed by atoms with Crippen molar-refractivity contribution in [2.45, 2.75) is 25.5 Å². The Balaban J connectivity index is 1.48. The van der Waals surface area contributed by atoms with Crippen LogP contribution in [0.25, 0.3) is 10.2 Å². The average molecular weight is 453 g/mol. The van der Waals surface area contributed by atoms with Gasteiger partial charge in [-0.3, -0.25) is 19.3 Å². The van der Waals surface area contributed by atoms with Gasteiger partial charge in [-0.05, 0) is 38.1 Å². The van der Waals surface area contributed by atoms with Crippen LogP contribution in [0.5, 0.6) is 0 Å². The number of carbonyl (C=O) groups is 3. The standard InChI is InChI=1S/C22H20N4O3S2/c1-3-26-20(29)18(12-19(28)23-15-8-6-7-14(11-15)13(2)27)31-22(26)25-21-24-16-9-4-5-10-17(16)30-21/h4-11,18H,3,12H2,1-2H3,(H,23,28). The molecule has 0 spiro atoms. The minimum atomic E-state index is -0.552. The predicted molar refractivity (Wildman–Crippen MR) is 125 cm³/mol. The number of amides is 2. The van der Waals surface area contributed by atoms with Crippen molar-refractivity contribution in [3.8, 4) is 0 Å². The van der Waals surface area contributed by atoms with Crippen molar-refractivity contribution < 1.29 is 14.4 Å². The summed E-state index contributed by atoms with van der Waals surface area (Å²) < 4.78 is 1.03. The van der Waals surface area contributed by atoms with Crippen LogP contribution in [0.1, 0.15) is 30.6 Å². The number of benzene rings is 2. The van der Waals surface area contributed by atoms with E-state index < -0.39 is 5.25 Å². The van der Waals surface area contributed by atoms with Gasteiger partial charge >= 0.3 is 0 Å². The first kappa shape index (κ1) is 21.2. The molecule has 1 unspecified atom stereocenters. The number of aliphatic imine (C=N–C) groups is 1. The van der Waals surface area contributed by atoms with E-state index in [0.29, 0.717) is 28.1 Å². The first-order chi connectivity index (χ1) is 14.9. The smallest absolute Gasteiger partial charge is 0.242 e.